The van der Waals surface area contributed by atoms with E-state index in [1.165, 1.54) is 6.42 Å². The number of halogens is 1. The molecule has 0 bridgehead atoms. The zero-order chi connectivity index (χ0) is 11.3. The van der Waals surface area contributed by atoms with Crippen molar-refractivity contribution in [1.29, 1.82) is 0 Å². The van der Waals surface area contributed by atoms with Crippen LogP contribution >= 0.6 is 15.9 Å². The maximum atomic E-state index is 5.75. The first-order chi connectivity index (χ1) is 7.11. The molecule has 0 aliphatic heterocycles. The summed E-state index contributed by atoms with van der Waals surface area (Å²) in [6, 6.07) is 5.68. The Kier molecular flexibility index (Phi) is 4.95. The van der Waals surface area contributed by atoms with Crippen LogP contribution in [-0.4, -0.2) is 6.61 Å². The quantitative estimate of drug-likeness (QED) is 0.652. The number of benzene rings is 1. The van der Waals surface area contributed by atoms with Gasteiger partial charge in [0.1, 0.15) is 5.75 Å². The summed E-state index contributed by atoms with van der Waals surface area (Å²) in [6.45, 7) is 5.19. The lowest BCUT2D eigenvalue weighted by atomic mass is 10.1. The van der Waals surface area contributed by atoms with Gasteiger partial charge >= 0.3 is 0 Å². The normalized spacial score (nSPS) is 10.7. The number of anilines is 1. The van der Waals surface area contributed by atoms with Crippen LogP contribution < -0.4 is 10.5 Å². The highest BCUT2D eigenvalue weighted by Gasteiger charge is 2.03. The fraction of sp³-hybridized carbons (Fsp3) is 0.500. The van der Waals surface area contributed by atoms with E-state index in [2.05, 4.69) is 29.8 Å². The van der Waals surface area contributed by atoms with E-state index in [0.29, 0.717) is 0 Å². The van der Waals surface area contributed by atoms with E-state index in [-0.39, 0.29) is 0 Å². The van der Waals surface area contributed by atoms with Crippen LogP contribution in [0.4, 0.5) is 5.69 Å². The minimum absolute atomic E-state index is 0.719. The van der Waals surface area contributed by atoms with Crippen LogP contribution in [0.15, 0.2) is 22.7 Å². The number of rotatable bonds is 5. The molecular formula is C12H18BrNO. The van der Waals surface area contributed by atoms with Crippen molar-refractivity contribution in [3.05, 3.63) is 22.7 Å². The maximum Gasteiger partial charge on any atom is 0.135 e. The summed E-state index contributed by atoms with van der Waals surface area (Å²) < 4.78 is 6.50. The predicted octanol–water partition coefficient (Wildman–Crippen LogP) is 3.85. The Balaban J connectivity index is 2.41. The molecule has 0 aliphatic rings. The molecule has 0 aliphatic carbocycles. The highest BCUT2D eigenvalue weighted by molar-refractivity contribution is 9.10. The van der Waals surface area contributed by atoms with E-state index in [4.69, 9.17) is 10.5 Å². The number of nitrogen functional groups attached to an aromatic ring is 1. The molecule has 1 rings (SSSR count). The molecule has 1 aromatic rings. The molecule has 0 atom stereocenters. The van der Waals surface area contributed by atoms with Crippen LogP contribution in [0.5, 0.6) is 5.75 Å². The Morgan fingerprint density at radius 2 is 2.13 bits per heavy atom. The Bertz CT molecular complexity index is 312. The zero-order valence-corrected chi connectivity index (χ0v) is 10.9. The summed E-state index contributed by atoms with van der Waals surface area (Å²) in [4.78, 5) is 0. The first-order valence-corrected chi connectivity index (χ1v) is 6.07. The molecule has 0 fully saturated rings. The summed E-state index contributed by atoms with van der Waals surface area (Å²) >= 11 is 3.41. The third kappa shape index (κ3) is 4.12. The van der Waals surface area contributed by atoms with Gasteiger partial charge in [-0.25, -0.2) is 0 Å². The predicted molar refractivity (Wildman–Crippen MR) is 68.1 cm³/mol. The van der Waals surface area contributed by atoms with Crippen molar-refractivity contribution in [3.8, 4) is 5.75 Å². The van der Waals surface area contributed by atoms with Crippen molar-refractivity contribution in [2.75, 3.05) is 12.3 Å². The lowest BCUT2D eigenvalue weighted by molar-refractivity contribution is 0.296. The van der Waals surface area contributed by atoms with Gasteiger partial charge in [-0.05, 0) is 46.8 Å². The van der Waals surface area contributed by atoms with E-state index in [1.54, 1.807) is 0 Å². The molecule has 0 saturated heterocycles. The van der Waals surface area contributed by atoms with Crippen LogP contribution in [-0.2, 0) is 0 Å². The van der Waals surface area contributed by atoms with E-state index in [9.17, 15) is 0 Å². The van der Waals surface area contributed by atoms with Crippen molar-refractivity contribution in [2.24, 2.45) is 5.92 Å². The van der Waals surface area contributed by atoms with Gasteiger partial charge in [0.05, 0.1) is 11.1 Å². The smallest absolute Gasteiger partial charge is 0.135 e. The topological polar surface area (TPSA) is 35.2 Å². The van der Waals surface area contributed by atoms with Gasteiger partial charge in [0.15, 0.2) is 0 Å². The molecule has 0 aromatic heterocycles. The molecule has 2 nitrogen and oxygen atoms in total. The van der Waals surface area contributed by atoms with Gasteiger partial charge in [-0.15, -0.1) is 0 Å². The lowest BCUT2D eigenvalue weighted by Crippen LogP contribution is -2.01. The molecule has 1 aromatic carbocycles. The standard InChI is InChI=1S/C12H18BrNO/c1-9(2)5-4-8-15-11-7-3-6-10(14)12(11)13/h3,6-7,9H,4-5,8,14H2,1-2H3. The Morgan fingerprint density at radius 3 is 2.80 bits per heavy atom. The molecule has 0 unspecified atom stereocenters. The van der Waals surface area contributed by atoms with Crippen LogP contribution in [0, 0.1) is 5.92 Å². The highest BCUT2D eigenvalue weighted by atomic mass is 79.9. The fourth-order valence-corrected chi connectivity index (χ4v) is 1.69. The number of hydrogen-bond acceptors (Lipinski definition) is 2. The molecule has 0 amide bonds. The second-order valence-electron chi connectivity index (χ2n) is 4.04. The van der Waals surface area contributed by atoms with Gasteiger partial charge in [-0.3, -0.25) is 0 Å². The average Bonchev–Trinajstić information content (AvgIpc) is 2.18. The average molecular weight is 272 g/mol. The molecule has 0 saturated carbocycles. The van der Waals surface area contributed by atoms with Gasteiger partial charge in [0.2, 0.25) is 0 Å². The monoisotopic (exact) mass is 271 g/mol. The summed E-state index contributed by atoms with van der Waals surface area (Å²) in [6.07, 6.45) is 2.28. The third-order valence-electron chi connectivity index (χ3n) is 2.18. The summed E-state index contributed by atoms with van der Waals surface area (Å²) in [5.41, 5.74) is 6.47. The zero-order valence-electron chi connectivity index (χ0n) is 9.29. The summed E-state index contributed by atoms with van der Waals surface area (Å²) in [5, 5.41) is 0. The first kappa shape index (κ1) is 12.4. The number of nitrogens with two attached hydrogens (primary N) is 1. The second kappa shape index (κ2) is 6.01. The molecule has 3 heteroatoms. The SMILES string of the molecule is CC(C)CCCOc1cccc(N)c1Br. The van der Waals surface area contributed by atoms with Gasteiger partial charge in [0.25, 0.3) is 0 Å². The Labute approximate surface area is 99.9 Å². The molecule has 0 radical (unpaired) electrons. The van der Waals surface area contributed by atoms with Gasteiger partial charge in [-0.2, -0.15) is 0 Å². The largest absolute Gasteiger partial charge is 0.492 e. The molecule has 0 spiro atoms. The van der Waals surface area contributed by atoms with E-state index in [0.717, 1.165) is 34.9 Å². The van der Waals surface area contributed by atoms with E-state index >= 15 is 0 Å². The fourth-order valence-electron chi connectivity index (χ4n) is 1.31. The van der Waals surface area contributed by atoms with E-state index < -0.39 is 0 Å². The van der Waals surface area contributed by atoms with Crippen molar-refractivity contribution in [1.82, 2.24) is 0 Å². The molecule has 15 heavy (non-hydrogen) atoms. The minimum atomic E-state index is 0.719. The summed E-state index contributed by atoms with van der Waals surface area (Å²) in [5.74, 6) is 1.57. The minimum Gasteiger partial charge on any atom is -0.492 e. The maximum absolute atomic E-state index is 5.75. The van der Waals surface area contributed by atoms with Crippen molar-refractivity contribution < 1.29 is 4.74 Å². The Morgan fingerprint density at radius 1 is 1.40 bits per heavy atom. The number of hydrogen-bond donors (Lipinski definition) is 1. The van der Waals surface area contributed by atoms with E-state index in [1.807, 2.05) is 18.2 Å². The molecule has 84 valence electrons. The van der Waals surface area contributed by atoms with Crippen molar-refractivity contribution in [2.45, 2.75) is 26.7 Å². The van der Waals surface area contributed by atoms with Gasteiger partial charge in [-0.1, -0.05) is 19.9 Å². The Hall–Kier alpha value is -0.700. The summed E-state index contributed by atoms with van der Waals surface area (Å²) in [7, 11) is 0. The van der Waals surface area contributed by atoms with Crippen LogP contribution in [0.25, 0.3) is 0 Å². The molecular weight excluding hydrogens is 254 g/mol. The molecule has 0 heterocycles. The molecule has 2 N–H and O–H groups in total. The van der Waals surface area contributed by atoms with Crippen LogP contribution in [0.1, 0.15) is 26.7 Å². The third-order valence-corrected chi connectivity index (χ3v) is 3.03. The van der Waals surface area contributed by atoms with Gasteiger partial charge in [0, 0.05) is 5.69 Å². The van der Waals surface area contributed by atoms with Gasteiger partial charge < -0.3 is 10.5 Å². The highest BCUT2D eigenvalue weighted by Crippen LogP contribution is 2.30. The second-order valence-corrected chi connectivity index (χ2v) is 4.84. The van der Waals surface area contributed by atoms with Crippen LogP contribution in [0.2, 0.25) is 0 Å². The van der Waals surface area contributed by atoms with Crippen molar-refractivity contribution >= 4 is 21.6 Å². The van der Waals surface area contributed by atoms with Crippen molar-refractivity contribution in [3.63, 3.8) is 0 Å². The number of ether oxygens (including phenoxy) is 1. The van der Waals surface area contributed by atoms with Crippen LogP contribution in [0.3, 0.4) is 0 Å². The first-order valence-electron chi connectivity index (χ1n) is 5.28. The lowest BCUT2D eigenvalue weighted by Gasteiger charge is -2.10.